The fraction of sp³-hybridized carbons (Fsp3) is 0.316. The van der Waals surface area contributed by atoms with Gasteiger partial charge in [0.05, 0.1) is 21.0 Å². The molecule has 28 heavy (non-hydrogen) atoms. The predicted molar refractivity (Wildman–Crippen MR) is 107 cm³/mol. The number of aryl methyl sites for hydroxylation is 2. The van der Waals surface area contributed by atoms with Crippen LogP contribution in [0.3, 0.4) is 0 Å². The highest BCUT2D eigenvalue weighted by Crippen LogP contribution is 2.38. The zero-order valence-corrected chi connectivity index (χ0v) is 16.6. The minimum atomic E-state index is -0.330. The number of rotatable bonds is 2. The zero-order chi connectivity index (χ0) is 19.4. The third-order valence-electron chi connectivity index (χ3n) is 5.00. The number of aromatic nitrogens is 2. The molecule has 0 atom stereocenters. The van der Waals surface area contributed by atoms with Crippen molar-refractivity contribution in [3.05, 3.63) is 43.8 Å². The normalized spacial score (nSPS) is 14.9. The second-order valence-electron chi connectivity index (χ2n) is 6.75. The first kappa shape index (κ1) is 17.5. The van der Waals surface area contributed by atoms with Gasteiger partial charge in [-0.1, -0.05) is 11.6 Å². The van der Waals surface area contributed by atoms with Crippen molar-refractivity contribution in [1.82, 2.24) is 9.55 Å². The van der Waals surface area contributed by atoms with E-state index in [0.29, 0.717) is 62.6 Å². The number of ether oxygens (including phenoxy) is 2. The van der Waals surface area contributed by atoms with Crippen LogP contribution in [-0.4, -0.2) is 28.7 Å². The van der Waals surface area contributed by atoms with Crippen LogP contribution in [-0.2, 0) is 13.0 Å². The van der Waals surface area contributed by atoms with Gasteiger partial charge in [-0.3, -0.25) is 14.2 Å². The number of benzene rings is 1. The van der Waals surface area contributed by atoms with Crippen LogP contribution in [0.4, 0.5) is 5.69 Å². The van der Waals surface area contributed by atoms with Crippen LogP contribution in [0.15, 0.2) is 16.9 Å². The molecule has 0 saturated heterocycles. The Morgan fingerprint density at radius 2 is 2.04 bits per heavy atom. The standard InChI is InChI=1S/C19H16ClN3O4S/c1-9-15-18(22-14-3-2-4-23(14)19(15)25)28-16(9)17(24)21-11-8-13-12(7-10(11)20)26-5-6-27-13/h7-8H,2-6H2,1H3,(H,21,24). The van der Waals surface area contributed by atoms with Crippen LogP contribution in [0.2, 0.25) is 5.02 Å². The van der Waals surface area contributed by atoms with E-state index in [1.54, 1.807) is 23.6 Å². The Bertz CT molecular complexity index is 1200. The van der Waals surface area contributed by atoms with E-state index in [0.717, 1.165) is 18.7 Å². The summed E-state index contributed by atoms with van der Waals surface area (Å²) < 4.78 is 12.8. The van der Waals surface area contributed by atoms with E-state index in [4.69, 9.17) is 21.1 Å². The second-order valence-corrected chi connectivity index (χ2v) is 8.16. The molecular weight excluding hydrogens is 402 g/mol. The lowest BCUT2D eigenvalue weighted by Crippen LogP contribution is -2.21. The molecule has 9 heteroatoms. The Kier molecular flexibility index (Phi) is 4.06. The number of carbonyl (C=O) groups is 1. The first-order valence-corrected chi connectivity index (χ1v) is 10.2. The summed E-state index contributed by atoms with van der Waals surface area (Å²) in [5.41, 5.74) is 1.01. The summed E-state index contributed by atoms with van der Waals surface area (Å²) in [6.07, 6.45) is 1.71. The maximum Gasteiger partial charge on any atom is 0.266 e. The smallest absolute Gasteiger partial charge is 0.266 e. The minimum Gasteiger partial charge on any atom is -0.486 e. The van der Waals surface area contributed by atoms with Gasteiger partial charge in [0.25, 0.3) is 11.5 Å². The van der Waals surface area contributed by atoms with Gasteiger partial charge in [-0.2, -0.15) is 0 Å². The van der Waals surface area contributed by atoms with E-state index in [1.165, 1.54) is 11.3 Å². The maximum atomic E-state index is 12.9. The maximum absolute atomic E-state index is 12.9. The molecule has 1 amide bonds. The highest BCUT2D eigenvalue weighted by Gasteiger charge is 2.24. The minimum absolute atomic E-state index is 0.0670. The van der Waals surface area contributed by atoms with Gasteiger partial charge in [0.2, 0.25) is 0 Å². The SMILES string of the molecule is Cc1c(C(=O)Nc2cc3c(cc2Cl)OCCO3)sc2nc3n(c(=O)c12)CCC3. The van der Waals surface area contributed by atoms with E-state index in [2.05, 4.69) is 10.3 Å². The van der Waals surface area contributed by atoms with Crippen molar-refractivity contribution >= 4 is 44.7 Å². The topological polar surface area (TPSA) is 82.4 Å². The lowest BCUT2D eigenvalue weighted by molar-refractivity contribution is 0.103. The molecule has 0 unspecified atom stereocenters. The molecule has 3 aromatic rings. The van der Waals surface area contributed by atoms with Crippen molar-refractivity contribution in [3.63, 3.8) is 0 Å². The molecule has 1 N–H and O–H groups in total. The number of nitrogens with one attached hydrogen (secondary N) is 1. The highest BCUT2D eigenvalue weighted by atomic mass is 35.5. The van der Waals surface area contributed by atoms with Gasteiger partial charge < -0.3 is 14.8 Å². The van der Waals surface area contributed by atoms with E-state index in [9.17, 15) is 9.59 Å². The lowest BCUT2D eigenvalue weighted by atomic mass is 10.2. The number of fused-ring (bicyclic) bond motifs is 3. The molecule has 2 aliphatic rings. The molecule has 5 rings (SSSR count). The van der Waals surface area contributed by atoms with Crippen molar-refractivity contribution in [3.8, 4) is 11.5 Å². The van der Waals surface area contributed by atoms with Crippen LogP contribution < -0.4 is 20.3 Å². The number of hydrogen-bond acceptors (Lipinski definition) is 6. The lowest BCUT2D eigenvalue weighted by Gasteiger charge is -2.20. The van der Waals surface area contributed by atoms with Gasteiger partial charge in [-0.25, -0.2) is 4.98 Å². The van der Waals surface area contributed by atoms with E-state index >= 15 is 0 Å². The van der Waals surface area contributed by atoms with Crippen molar-refractivity contribution in [2.45, 2.75) is 26.3 Å². The Balaban J connectivity index is 1.53. The first-order chi connectivity index (χ1) is 13.5. The number of anilines is 1. The summed E-state index contributed by atoms with van der Waals surface area (Å²) in [5.74, 6) is 1.55. The van der Waals surface area contributed by atoms with Gasteiger partial charge in [0.15, 0.2) is 11.5 Å². The number of thiophene rings is 1. The predicted octanol–water partition coefficient (Wildman–Crippen LogP) is 3.39. The molecule has 1 aromatic carbocycles. The van der Waals surface area contributed by atoms with E-state index in [-0.39, 0.29) is 11.5 Å². The van der Waals surface area contributed by atoms with Gasteiger partial charge in [0.1, 0.15) is 23.9 Å². The summed E-state index contributed by atoms with van der Waals surface area (Å²) in [6.45, 7) is 3.37. The van der Waals surface area contributed by atoms with Gasteiger partial charge in [0, 0.05) is 25.1 Å². The monoisotopic (exact) mass is 417 g/mol. The zero-order valence-electron chi connectivity index (χ0n) is 15.0. The van der Waals surface area contributed by atoms with E-state index < -0.39 is 0 Å². The number of carbonyl (C=O) groups excluding carboxylic acids is 1. The molecule has 4 heterocycles. The molecule has 144 valence electrons. The molecule has 0 radical (unpaired) electrons. The van der Waals surface area contributed by atoms with Crippen molar-refractivity contribution in [2.24, 2.45) is 0 Å². The fourth-order valence-corrected chi connectivity index (χ4v) is 4.92. The summed E-state index contributed by atoms with van der Waals surface area (Å²) in [4.78, 5) is 31.4. The van der Waals surface area contributed by atoms with Crippen molar-refractivity contribution < 1.29 is 14.3 Å². The first-order valence-electron chi connectivity index (χ1n) is 8.96. The van der Waals surface area contributed by atoms with Crippen LogP contribution >= 0.6 is 22.9 Å². The second kappa shape index (κ2) is 6.49. The Morgan fingerprint density at radius 3 is 2.82 bits per heavy atom. The van der Waals surface area contributed by atoms with Crippen LogP contribution in [0, 0.1) is 6.92 Å². The third-order valence-corrected chi connectivity index (χ3v) is 6.49. The average molecular weight is 418 g/mol. The Morgan fingerprint density at radius 1 is 1.29 bits per heavy atom. The van der Waals surface area contributed by atoms with Gasteiger partial charge >= 0.3 is 0 Å². The molecular formula is C19H16ClN3O4S. The molecule has 0 fully saturated rings. The van der Waals surface area contributed by atoms with Gasteiger partial charge in [-0.05, 0) is 18.9 Å². The largest absolute Gasteiger partial charge is 0.486 e. The quantitative estimate of drug-likeness (QED) is 0.691. The number of halogens is 1. The Labute approximate surface area is 168 Å². The summed E-state index contributed by atoms with van der Waals surface area (Å²) in [5, 5.41) is 3.70. The summed E-state index contributed by atoms with van der Waals surface area (Å²) in [7, 11) is 0. The summed E-state index contributed by atoms with van der Waals surface area (Å²) >= 11 is 7.52. The van der Waals surface area contributed by atoms with Gasteiger partial charge in [-0.15, -0.1) is 11.3 Å². The Hall–Kier alpha value is -2.58. The summed E-state index contributed by atoms with van der Waals surface area (Å²) in [6, 6.07) is 3.28. The average Bonchev–Trinajstić information content (AvgIpc) is 3.27. The number of amides is 1. The molecule has 0 bridgehead atoms. The number of hydrogen-bond donors (Lipinski definition) is 1. The van der Waals surface area contributed by atoms with Crippen LogP contribution in [0.1, 0.15) is 27.5 Å². The highest BCUT2D eigenvalue weighted by molar-refractivity contribution is 7.20. The molecule has 2 aliphatic heterocycles. The van der Waals surface area contributed by atoms with Crippen LogP contribution in [0.5, 0.6) is 11.5 Å². The molecule has 7 nitrogen and oxygen atoms in total. The van der Waals surface area contributed by atoms with Crippen molar-refractivity contribution in [1.29, 1.82) is 0 Å². The van der Waals surface area contributed by atoms with Crippen LogP contribution in [0.25, 0.3) is 10.2 Å². The third kappa shape index (κ3) is 2.67. The van der Waals surface area contributed by atoms with Crippen molar-refractivity contribution in [2.75, 3.05) is 18.5 Å². The fourth-order valence-electron chi connectivity index (χ4n) is 3.63. The van der Waals surface area contributed by atoms with E-state index in [1.807, 2.05) is 0 Å². The number of nitrogens with zero attached hydrogens (tertiary/aromatic N) is 2. The molecule has 2 aromatic heterocycles. The molecule has 0 aliphatic carbocycles. The molecule has 0 spiro atoms. The molecule has 0 saturated carbocycles.